The van der Waals surface area contributed by atoms with Crippen LogP contribution >= 0.6 is 11.8 Å². The van der Waals surface area contributed by atoms with Gasteiger partial charge in [0, 0.05) is 23.4 Å². The Morgan fingerprint density at radius 3 is 2.62 bits per heavy atom. The smallest absolute Gasteiger partial charge is 0.272 e. The van der Waals surface area contributed by atoms with Crippen LogP contribution in [0.15, 0.2) is 46.6 Å². The molecule has 0 fully saturated rings. The molecule has 0 aliphatic heterocycles. The van der Waals surface area contributed by atoms with Crippen molar-refractivity contribution in [2.24, 2.45) is 4.99 Å². The van der Waals surface area contributed by atoms with Gasteiger partial charge in [-0.05, 0) is 39.2 Å². The van der Waals surface area contributed by atoms with E-state index in [1.165, 1.54) is 13.0 Å². The van der Waals surface area contributed by atoms with Gasteiger partial charge in [0.1, 0.15) is 0 Å². The van der Waals surface area contributed by atoms with Gasteiger partial charge in [-0.25, -0.2) is 4.39 Å². The number of anilines is 1. The summed E-state index contributed by atoms with van der Waals surface area (Å²) in [6, 6.07) is 3.84. The van der Waals surface area contributed by atoms with Crippen LogP contribution in [-0.4, -0.2) is 41.8 Å². The van der Waals surface area contributed by atoms with Crippen LogP contribution in [0.5, 0.6) is 0 Å². The van der Waals surface area contributed by atoms with E-state index in [9.17, 15) is 9.18 Å². The van der Waals surface area contributed by atoms with E-state index >= 15 is 0 Å². The van der Waals surface area contributed by atoms with E-state index in [1.807, 2.05) is 25.3 Å². The summed E-state index contributed by atoms with van der Waals surface area (Å²) in [6.45, 7) is 9.76. The highest BCUT2D eigenvalue weighted by atomic mass is 32.2. The van der Waals surface area contributed by atoms with Gasteiger partial charge < -0.3 is 10.6 Å². The number of allylic oxidation sites excluding steroid dienone is 2. The number of halogens is 1. The summed E-state index contributed by atoms with van der Waals surface area (Å²) in [5.74, 6) is -0.342. The largest absolute Gasteiger partial charge is 0.347 e. The van der Waals surface area contributed by atoms with Crippen LogP contribution in [0.2, 0.25) is 0 Å². The third-order valence-electron chi connectivity index (χ3n) is 3.40. The third-order valence-corrected chi connectivity index (χ3v) is 4.23. The number of amides is 1. The van der Waals surface area contributed by atoms with E-state index < -0.39 is 0 Å². The van der Waals surface area contributed by atoms with E-state index in [4.69, 9.17) is 0 Å². The van der Waals surface area contributed by atoms with E-state index in [0.717, 1.165) is 21.5 Å². The Morgan fingerprint density at radius 2 is 2.10 bits per heavy atom. The number of nitrogens with zero attached hydrogens (tertiary/aromatic N) is 2. The predicted octanol–water partition coefficient (Wildman–Crippen LogP) is 4.79. The minimum Gasteiger partial charge on any atom is -0.347 e. The fourth-order valence-electron chi connectivity index (χ4n) is 2.03. The van der Waals surface area contributed by atoms with Gasteiger partial charge >= 0.3 is 0 Å². The molecule has 1 aromatic heterocycles. The number of terminal acetylenes is 1. The zero-order chi connectivity index (χ0) is 22.2. The Hall–Kier alpha value is -3.05. The number of benzene rings is 1. The first-order chi connectivity index (χ1) is 14.0. The summed E-state index contributed by atoms with van der Waals surface area (Å²) < 4.78 is 11.3. The zero-order valence-electron chi connectivity index (χ0n) is 17.3. The molecule has 1 amide bonds. The highest BCUT2D eigenvalue weighted by Gasteiger charge is 2.18. The number of carbonyl (C=O) groups is 1. The summed E-state index contributed by atoms with van der Waals surface area (Å²) >= 11 is 1.56. The highest BCUT2D eigenvalue weighted by molar-refractivity contribution is 7.99. The van der Waals surface area contributed by atoms with Crippen molar-refractivity contribution in [2.75, 3.05) is 24.7 Å². The number of aromatic amines is 1. The quantitative estimate of drug-likeness (QED) is 0.199. The molecule has 3 N–H and O–H groups in total. The lowest BCUT2D eigenvalue weighted by molar-refractivity contribution is 0.0954. The third kappa shape index (κ3) is 8.23. The lowest BCUT2D eigenvalue weighted by Gasteiger charge is -2.09. The summed E-state index contributed by atoms with van der Waals surface area (Å²) in [7, 11) is 0. The average molecular weight is 418 g/mol. The maximum atomic E-state index is 12.2. The van der Waals surface area contributed by atoms with Crippen LogP contribution in [0.25, 0.3) is 10.9 Å². The number of thioether (sulfide) groups is 1. The van der Waals surface area contributed by atoms with E-state index in [1.54, 1.807) is 31.1 Å². The topological polar surface area (TPSA) is 82.2 Å². The number of aromatic nitrogens is 2. The van der Waals surface area contributed by atoms with Crippen LogP contribution in [0.1, 0.15) is 31.3 Å². The molecule has 0 atom stereocenters. The Balaban J connectivity index is 0.000000977. The molecule has 0 saturated carbocycles. The second-order valence-corrected chi connectivity index (χ2v) is 6.10. The SMILES string of the molecule is C#C.C/C=C(\C)F.C=CCNC(=O)c1n[nH]c2ccc(NC=NCC)c(SC)c12. The number of hydrogen-bond donors (Lipinski definition) is 3. The van der Waals surface area contributed by atoms with Gasteiger partial charge in [0.05, 0.1) is 23.4 Å². The second-order valence-electron chi connectivity index (χ2n) is 5.29. The van der Waals surface area contributed by atoms with Gasteiger partial charge in [-0.1, -0.05) is 12.2 Å². The number of carbonyl (C=O) groups excluding carboxylic acids is 1. The first kappa shape index (κ1) is 26.0. The number of nitrogens with one attached hydrogen (secondary N) is 3. The number of aliphatic imine (C=N–C) groups is 1. The summed E-state index contributed by atoms with van der Waals surface area (Å²) in [4.78, 5) is 17.3. The highest BCUT2D eigenvalue weighted by Crippen LogP contribution is 2.34. The van der Waals surface area contributed by atoms with Gasteiger partial charge in [0.25, 0.3) is 5.91 Å². The Labute approximate surface area is 176 Å². The van der Waals surface area contributed by atoms with Crippen LogP contribution in [0.4, 0.5) is 10.1 Å². The molecule has 2 rings (SSSR count). The van der Waals surface area contributed by atoms with Gasteiger partial charge in [0.15, 0.2) is 5.69 Å². The first-order valence-electron chi connectivity index (χ1n) is 8.80. The number of H-pyrrole nitrogens is 1. The lowest BCUT2D eigenvalue weighted by Crippen LogP contribution is -2.23. The Morgan fingerprint density at radius 1 is 1.45 bits per heavy atom. The van der Waals surface area contributed by atoms with Crippen LogP contribution in [0.3, 0.4) is 0 Å². The molecule has 0 aliphatic carbocycles. The van der Waals surface area contributed by atoms with Crippen molar-refractivity contribution < 1.29 is 9.18 Å². The molecule has 0 saturated heterocycles. The number of hydrogen-bond acceptors (Lipinski definition) is 4. The summed E-state index contributed by atoms with van der Waals surface area (Å²) in [6.07, 6.45) is 14.7. The maximum absolute atomic E-state index is 12.2. The molecule has 2 aromatic rings. The number of fused-ring (bicyclic) bond motifs is 1. The molecular formula is C21H28FN5OS. The molecule has 0 unspecified atom stereocenters. The van der Waals surface area contributed by atoms with Crippen molar-refractivity contribution in [3.8, 4) is 12.8 Å². The normalized spacial score (nSPS) is 10.5. The minimum atomic E-state index is -0.221. The summed E-state index contributed by atoms with van der Waals surface area (Å²) in [5.41, 5.74) is 2.11. The standard InChI is InChI=1S/C15H19N5OS.C4H7F.C2H2/c1-4-8-17-15(21)13-12-10(19-20-13)6-7-11(14(12)22-3)18-9-16-5-2;1-3-4(2)5;1-2/h4,6-7,9H,1,5,8H2,2-3H3,(H,16,18)(H,17,21)(H,19,20);3H,1-2H3;1-2H/b;4-3+;. The van der Waals surface area contributed by atoms with E-state index in [0.29, 0.717) is 18.8 Å². The molecule has 8 heteroatoms. The van der Waals surface area contributed by atoms with Crippen molar-refractivity contribution in [3.05, 3.63) is 42.4 Å². The Bertz CT molecular complexity index is 867. The van der Waals surface area contributed by atoms with Gasteiger partial charge in [-0.3, -0.25) is 14.9 Å². The van der Waals surface area contributed by atoms with Gasteiger partial charge in [-0.15, -0.1) is 31.2 Å². The maximum Gasteiger partial charge on any atom is 0.272 e. The minimum absolute atomic E-state index is 0.120. The molecule has 1 heterocycles. The van der Waals surface area contributed by atoms with Crippen LogP contribution in [-0.2, 0) is 0 Å². The van der Waals surface area contributed by atoms with Crippen molar-refractivity contribution in [3.63, 3.8) is 0 Å². The van der Waals surface area contributed by atoms with Crippen molar-refractivity contribution in [1.29, 1.82) is 0 Å². The van der Waals surface area contributed by atoms with Crippen LogP contribution < -0.4 is 10.6 Å². The molecule has 29 heavy (non-hydrogen) atoms. The lowest BCUT2D eigenvalue weighted by atomic mass is 10.1. The van der Waals surface area contributed by atoms with Crippen molar-refractivity contribution in [2.45, 2.75) is 25.7 Å². The molecular weight excluding hydrogens is 389 g/mol. The molecule has 6 nitrogen and oxygen atoms in total. The monoisotopic (exact) mass is 417 g/mol. The average Bonchev–Trinajstić information content (AvgIpc) is 3.18. The van der Waals surface area contributed by atoms with E-state index in [2.05, 4.69) is 45.2 Å². The zero-order valence-corrected chi connectivity index (χ0v) is 18.1. The molecule has 0 radical (unpaired) electrons. The fraction of sp³-hybridized carbons (Fsp3) is 0.286. The summed E-state index contributed by atoms with van der Waals surface area (Å²) in [5, 5.41) is 13.8. The van der Waals surface area contributed by atoms with Crippen LogP contribution in [0, 0.1) is 12.8 Å². The first-order valence-corrected chi connectivity index (χ1v) is 10.0. The van der Waals surface area contributed by atoms with E-state index in [-0.39, 0.29) is 11.7 Å². The van der Waals surface area contributed by atoms with Crippen molar-refractivity contribution >= 4 is 40.6 Å². The second kappa shape index (κ2) is 14.9. The molecule has 0 bridgehead atoms. The van der Waals surface area contributed by atoms with Gasteiger partial charge in [-0.2, -0.15) is 5.10 Å². The predicted molar refractivity (Wildman–Crippen MR) is 123 cm³/mol. The number of rotatable bonds is 7. The fourth-order valence-corrected chi connectivity index (χ4v) is 2.79. The molecule has 1 aromatic carbocycles. The van der Waals surface area contributed by atoms with Gasteiger partial charge in [0.2, 0.25) is 0 Å². The van der Waals surface area contributed by atoms with Crippen molar-refractivity contribution in [1.82, 2.24) is 15.5 Å². The Kier molecular flexibility index (Phi) is 13.4. The molecule has 0 aliphatic rings. The molecule has 0 spiro atoms. The molecule has 156 valence electrons.